The van der Waals surface area contributed by atoms with E-state index in [0.717, 1.165) is 23.1 Å². The summed E-state index contributed by atoms with van der Waals surface area (Å²) < 4.78 is 30.5. The van der Waals surface area contributed by atoms with Crippen LogP contribution >= 0.6 is 15.9 Å². The minimum atomic E-state index is -3.03. The SMILES string of the molecule is CS(=O)(=O)N1CCC(NCc2occc2Br)CC1. The topological polar surface area (TPSA) is 62.6 Å². The lowest BCUT2D eigenvalue weighted by atomic mass is 10.1. The molecule has 102 valence electrons. The Bertz CT molecular complexity index is 492. The number of furan rings is 1. The van der Waals surface area contributed by atoms with Crippen LogP contribution in [0.3, 0.4) is 0 Å². The predicted octanol–water partition coefficient (Wildman–Crippen LogP) is 1.56. The summed E-state index contributed by atoms with van der Waals surface area (Å²) in [6.45, 7) is 1.85. The Kier molecular flexibility index (Phi) is 4.47. The monoisotopic (exact) mass is 336 g/mol. The van der Waals surface area contributed by atoms with Crippen LogP contribution in [0.2, 0.25) is 0 Å². The molecule has 1 aliphatic rings. The molecule has 1 saturated heterocycles. The summed E-state index contributed by atoms with van der Waals surface area (Å²) >= 11 is 3.41. The molecule has 0 saturated carbocycles. The van der Waals surface area contributed by atoms with Crippen LogP contribution in [0.25, 0.3) is 0 Å². The van der Waals surface area contributed by atoms with Gasteiger partial charge in [-0.1, -0.05) is 0 Å². The van der Waals surface area contributed by atoms with E-state index in [1.54, 1.807) is 6.26 Å². The summed E-state index contributed by atoms with van der Waals surface area (Å²) in [5.74, 6) is 0.876. The maximum atomic E-state index is 11.4. The number of piperidine rings is 1. The number of rotatable bonds is 4. The molecule has 0 spiro atoms. The van der Waals surface area contributed by atoms with Crippen LogP contribution in [0.5, 0.6) is 0 Å². The molecule has 1 aromatic heterocycles. The fourth-order valence-electron chi connectivity index (χ4n) is 2.08. The second kappa shape index (κ2) is 5.73. The van der Waals surface area contributed by atoms with Crippen molar-refractivity contribution in [3.63, 3.8) is 0 Å². The Hall–Kier alpha value is -0.370. The van der Waals surface area contributed by atoms with Crippen molar-refractivity contribution in [1.29, 1.82) is 0 Å². The highest BCUT2D eigenvalue weighted by Gasteiger charge is 2.24. The summed E-state index contributed by atoms with van der Waals surface area (Å²) in [7, 11) is -3.03. The lowest BCUT2D eigenvalue weighted by molar-refractivity contribution is 0.285. The van der Waals surface area contributed by atoms with Crippen LogP contribution < -0.4 is 5.32 Å². The molecule has 1 aromatic rings. The van der Waals surface area contributed by atoms with Gasteiger partial charge in [0.15, 0.2) is 0 Å². The third-order valence-electron chi connectivity index (χ3n) is 3.17. The fraction of sp³-hybridized carbons (Fsp3) is 0.636. The lowest BCUT2D eigenvalue weighted by Gasteiger charge is -2.30. The molecule has 0 amide bonds. The molecule has 7 heteroatoms. The van der Waals surface area contributed by atoms with Crippen molar-refractivity contribution in [3.05, 3.63) is 22.6 Å². The Labute approximate surface area is 116 Å². The van der Waals surface area contributed by atoms with E-state index in [1.165, 1.54) is 10.6 Å². The highest BCUT2D eigenvalue weighted by molar-refractivity contribution is 9.10. The van der Waals surface area contributed by atoms with E-state index >= 15 is 0 Å². The van der Waals surface area contributed by atoms with Gasteiger partial charge in [0, 0.05) is 19.1 Å². The number of nitrogens with one attached hydrogen (secondary N) is 1. The normalized spacial score (nSPS) is 19.2. The van der Waals surface area contributed by atoms with Gasteiger partial charge in [0.2, 0.25) is 10.0 Å². The maximum absolute atomic E-state index is 11.4. The van der Waals surface area contributed by atoms with Crippen LogP contribution in [0.1, 0.15) is 18.6 Å². The van der Waals surface area contributed by atoms with Crippen molar-refractivity contribution in [2.45, 2.75) is 25.4 Å². The van der Waals surface area contributed by atoms with E-state index in [2.05, 4.69) is 21.2 Å². The minimum Gasteiger partial charge on any atom is -0.467 e. The summed E-state index contributed by atoms with van der Waals surface area (Å²) in [5.41, 5.74) is 0. The second-order valence-electron chi connectivity index (χ2n) is 4.51. The first-order chi connectivity index (χ1) is 8.47. The molecule has 0 aromatic carbocycles. The zero-order valence-electron chi connectivity index (χ0n) is 10.2. The summed E-state index contributed by atoms with van der Waals surface area (Å²) in [6, 6.07) is 2.21. The predicted molar refractivity (Wildman–Crippen MR) is 72.7 cm³/mol. The number of nitrogens with zero attached hydrogens (tertiary/aromatic N) is 1. The zero-order chi connectivity index (χ0) is 13.2. The molecular weight excluding hydrogens is 320 g/mol. The van der Waals surface area contributed by atoms with Crippen LogP contribution in [-0.2, 0) is 16.6 Å². The fourth-order valence-corrected chi connectivity index (χ4v) is 3.30. The minimum absolute atomic E-state index is 0.347. The van der Waals surface area contributed by atoms with Crippen molar-refractivity contribution in [3.8, 4) is 0 Å². The van der Waals surface area contributed by atoms with Crippen molar-refractivity contribution in [2.75, 3.05) is 19.3 Å². The number of hydrogen-bond acceptors (Lipinski definition) is 4. The molecule has 1 N–H and O–H groups in total. The Morgan fingerprint density at radius 1 is 1.50 bits per heavy atom. The molecule has 1 fully saturated rings. The number of halogens is 1. The van der Waals surface area contributed by atoms with E-state index in [4.69, 9.17) is 4.42 Å². The molecule has 0 aliphatic carbocycles. The van der Waals surface area contributed by atoms with Crippen LogP contribution in [0.4, 0.5) is 0 Å². The molecular formula is C11H17BrN2O3S. The van der Waals surface area contributed by atoms with E-state index in [1.807, 2.05) is 6.07 Å². The van der Waals surface area contributed by atoms with Gasteiger partial charge in [-0.15, -0.1) is 0 Å². The third kappa shape index (κ3) is 3.57. The Balaban J connectivity index is 1.79. The number of hydrogen-bond donors (Lipinski definition) is 1. The first-order valence-corrected chi connectivity index (χ1v) is 8.51. The number of sulfonamides is 1. The van der Waals surface area contributed by atoms with E-state index < -0.39 is 10.0 Å². The van der Waals surface area contributed by atoms with Crippen LogP contribution in [0, 0.1) is 0 Å². The van der Waals surface area contributed by atoms with Crippen LogP contribution in [-0.4, -0.2) is 38.1 Å². The Morgan fingerprint density at radius 2 is 2.17 bits per heavy atom. The highest BCUT2D eigenvalue weighted by atomic mass is 79.9. The molecule has 2 rings (SSSR count). The zero-order valence-corrected chi connectivity index (χ0v) is 12.6. The molecule has 0 radical (unpaired) electrons. The van der Waals surface area contributed by atoms with Gasteiger partial charge < -0.3 is 9.73 Å². The molecule has 0 atom stereocenters. The summed E-state index contributed by atoms with van der Waals surface area (Å²) in [4.78, 5) is 0. The Morgan fingerprint density at radius 3 is 2.67 bits per heavy atom. The van der Waals surface area contributed by atoms with Gasteiger partial charge in [-0.2, -0.15) is 0 Å². The standard InChI is InChI=1S/C11H17BrN2O3S/c1-18(15,16)14-5-2-9(3-6-14)13-8-11-10(12)4-7-17-11/h4,7,9,13H,2-3,5-6,8H2,1H3. The third-order valence-corrected chi connectivity index (χ3v) is 5.18. The largest absolute Gasteiger partial charge is 0.467 e. The van der Waals surface area contributed by atoms with E-state index in [-0.39, 0.29) is 0 Å². The highest BCUT2D eigenvalue weighted by Crippen LogP contribution is 2.18. The quantitative estimate of drug-likeness (QED) is 0.906. The molecule has 2 heterocycles. The maximum Gasteiger partial charge on any atom is 0.211 e. The van der Waals surface area contributed by atoms with Gasteiger partial charge in [0.1, 0.15) is 5.76 Å². The van der Waals surface area contributed by atoms with E-state index in [0.29, 0.717) is 25.7 Å². The second-order valence-corrected chi connectivity index (χ2v) is 7.35. The molecule has 0 unspecified atom stereocenters. The summed E-state index contributed by atoms with van der Waals surface area (Å²) in [6.07, 6.45) is 4.59. The van der Waals surface area contributed by atoms with Gasteiger partial charge in [0.25, 0.3) is 0 Å². The average molecular weight is 337 g/mol. The first-order valence-electron chi connectivity index (χ1n) is 5.87. The van der Waals surface area contributed by atoms with Crippen molar-refractivity contribution < 1.29 is 12.8 Å². The lowest BCUT2D eigenvalue weighted by Crippen LogP contribution is -2.44. The average Bonchev–Trinajstić information content (AvgIpc) is 2.72. The van der Waals surface area contributed by atoms with Gasteiger partial charge in [-0.25, -0.2) is 12.7 Å². The van der Waals surface area contributed by atoms with Crippen molar-refractivity contribution in [2.24, 2.45) is 0 Å². The van der Waals surface area contributed by atoms with E-state index in [9.17, 15) is 8.42 Å². The molecule has 5 nitrogen and oxygen atoms in total. The first kappa shape index (κ1) is 14.0. The molecule has 1 aliphatic heterocycles. The van der Waals surface area contributed by atoms with Gasteiger partial charge in [-0.05, 0) is 34.8 Å². The van der Waals surface area contributed by atoms with Gasteiger partial charge >= 0.3 is 0 Å². The van der Waals surface area contributed by atoms with Crippen molar-refractivity contribution in [1.82, 2.24) is 9.62 Å². The molecule has 18 heavy (non-hydrogen) atoms. The summed E-state index contributed by atoms with van der Waals surface area (Å²) in [5, 5.41) is 3.39. The smallest absolute Gasteiger partial charge is 0.211 e. The van der Waals surface area contributed by atoms with Gasteiger partial charge in [-0.3, -0.25) is 0 Å². The van der Waals surface area contributed by atoms with Crippen LogP contribution in [0.15, 0.2) is 21.2 Å². The molecule has 0 bridgehead atoms. The van der Waals surface area contributed by atoms with Gasteiger partial charge in [0.05, 0.1) is 23.5 Å². The van der Waals surface area contributed by atoms with Crippen molar-refractivity contribution >= 4 is 26.0 Å².